The van der Waals surface area contributed by atoms with Gasteiger partial charge in [-0.15, -0.1) is 24.8 Å². The number of aromatic hydroxyl groups is 1. The molecular formula is C24H31Cl2N3O4. The highest BCUT2D eigenvalue weighted by atomic mass is 35.5. The Morgan fingerprint density at radius 3 is 2.24 bits per heavy atom. The summed E-state index contributed by atoms with van der Waals surface area (Å²) in [6.45, 7) is 9.14. The molecule has 7 nitrogen and oxygen atoms in total. The van der Waals surface area contributed by atoms with Crippen molar-refractivity contribution in [3.05, 3.63) is 48.7 Å². The van der Waals surface area contributed by atoms with Gasteiger partial charge in [-0.1, -0.05) is 24.2 Å². The lowest BCUT2D eigenvalue weighted by Gasteiger charge is -2.33. The van der Waals surface area contributed by atoms with E-state index in [1.54, 1.807) is 25.4 Å². The van der Waals surface area contributed by atoms with Gasteiger partial charge < -0.3 is 24.0 Å². The molecule has 1 aliphatic rings. The third-order valence-corrected chi connectivity index (χ3v) is 5.77. The van der Waals surface area contributed by atoms with Crippen molar-refractivity contribution in [1.29, 1.82) is 0 Å². The quantitative estimate of drug-likeness (QED) is 0.490. The lowest BCUT2D eigenvalue weighted by Crippen LogP contribution is -2.47. The number of hydrogen-bond acceptors (Lipinski definition) is 7. The van der Waals surface area contributed by atoms with Gasteiger partial charge in [0, 0.05) is 44.4 Å². The van der Waals surface area contributed by atoms with Crippen LogP contribution in [0.15, 0.2) is 53.2 Å². The number of phenolic OH excluding ortho intramolecular Hbond substituents is 1. The maximum Gasteiger partial charge on any atom is 0.178 e. The molecule has 3 aromatic rings. The standard InChI is InChI=1S/C24H29N3O4.2ClH/c1-3-26-10-12-27(13-11-26)14-15-30-20-8-9-21(23(28)16-20)24-22(17-25-31-24)18-4-6-19(29-2)7-5-18;;/h4-9,16-17,28H,3,10-15H2,1-2H3;2*1H. The van der Waals surface area contributed by atoms with Crippen LogP contribution >= 0.6 is 24.8 Å². The van der Waals surface area contributed by atoms with Crippen LogP contribution in [0, 0.1) is 0 Å². The molecule has 0 unspecified atom stereocenters. The number of methoxy groups -OCH3 is 1. The van der Waals surface area contributed by atoms with Crippen LogP contribution in [-0.2, 0) is 0 Å². The van der Waals surface area contributed by atoms with Crippen LogP contribution in [-0.4, -0.2) is 73.0 Å². The molecule has 2 aromatic carbocycles. The molecule has 1 N–H and O–H groups in total. The number of benzene rings is 2. The molecule has 180 valence electrons. The molecule has 2 heterocycles. The number of hydrogen-bond donors (Lipinski definition) is 1. The number of halogens is 2. The predicted octanol–water partition coefficient (Wildman–Crippen LogP) is 4.58. The molecule has 4 rings (SSSR count). The third-order valence-electron chi connectivity index (χ3n) is 5.77. The van der Waals surface area contributed by atoms with Crippen molar-refractivity contribution in [3.8, 4) is 39.7 Å². The van der Waals surface area contributed by atoms with E-state index in [-0.39, 0.29) is 30.6 Å². The fraction of sp³-hybridized carbons (Fsp3) is 0.375. The maximum atomic E-state index is 10.6. The van der Waals surface area contributed by atoms with E-state index >= 15 is 0 Å². The van der Waals surface area contributed by atoms with Crippen LogP contribution in [0.4, 0.5) is 0 Å². The number of phenols is 1. The molecule has 0 spiro atoms. The summed E-state index contributed by atoms with van der Waals surface area (Å²) in [4.78, 5) is 4.87. The summed E-state index contributed by atoms with van der Waals surface area (Å²) in [5.41, 5.74) is 2.31. The largest absolute Gasteiger partial charge is 0.507 e. The summed E-state index contributed by atoms with van der Waals surface area (Å²) in [5.74, 6) is 2.03. The van der Waals surface area contributed by atoms with Gasteiger partial charge in [-0.25, -0.2) is 0 Å². The highest BCUT2D eigenvalue weighted by Crippen LogP contribution is 2.38. The third kappa shape index (κ3) is 6.54. The van der Waals surface area contributed by atoms with Gasteiger partial charge >= 0.3 is 0 Å². The average molecular weight is 496 g/mol. The molecule has 9 heteroatoms. The maximum absolute atomic E-state index is 10.6. The van der Waals surface area contributed by atoms with Crippen LogP contribution in [0.2, 0.25) is 0 Å². The van der Waals surface area contributed by atoms with Crippen LogP contribution in [0.5, 0.6) is 17.2 Å². The summed E-state index contributed by atoms with van der Waals surface area (Å²) in [6, 6.07) is 12.9. The Morgan fingerprint density at radius 1 is 0.939 bits per heavy atom. The van der Waals surface area contributed by atoms with E-state index in [1.165, 1.54) is 0 Å². The lowest BCUT2D eigenvalue weighted by molar-refractivity contribution is 0.121. The second kappa shape index (κ2) is 12.7. The molecule has 0 aliphatic carbocycles. The average Bonchev–Trinajstić information content (AvgIpc) is 3.29. The zero-order chi connectivity index (χ0) is 21.6. The number of rotatable bonds is 8. The summed E-state index contributed by atoms with van der Waals surface area (Å²) >= 11 is 0. The van der Waals surface area contributed by atoms with E-state index in [4.69, 9.17) is 14.0 Å². The summed E-state index contributed by atoms with van der Waals surface area (Å²) in [7, 11) is 1.63. The molecular weight excluding hydrogens is 465 g/mol. The Hall–Kier alpha value is -2.45. The number of piperazine rings is 1. The van der Waals surface area contributed by atoms with Crippen molar-refractivity contribution in [1.82, 2.24) is 15.0 Å². The molecule has 0 bridgehead atoms. The number of nitrogens with zero attached hydrogens (tertiary/aromatic N) is 3. The summed E-state index contributed by atoms with van der Waals surface area (Å²) < 4.78 is 16.6. The monoisotopic (exact) mass is 495 g/mol. The van der Waals surface area contributed by atoms with Crippen molar-refractivity contribution in [2.45, 2.75) is 6.92 Å². The van der Waals surface area contributed by atoms with Crippen LogP contribution in [0.1, 0.15) is 6.92 Å². The summed E-state index contributed by atoms with van der Waals surface area (Å²) in [6.07, 6.45) is 1.65. The van der Waals surface area contributed by atoms with Crippen LogP contribution < -0.4 is 9.47 Å². The van der Waals surface area contributed by atoms with Gasteiger partial charge in [-0.05, 0) is 36.4 Å². The van der Waals surface area contributed by atoms with E-state index in [0.717, 1.165) is 56.1 Å². The first-order chi connectivity index (χ1) is 15.2. The fourth-order valence-corrected chi connectivity index (χ4v) is 3.82. The van der Waals surface area contributed by atoms with E-state index in [1.807, 2.05) is 30.3 Å². The molecule has 0 radical (unpaired) electrons. The molecule has 33 heavy (non-hydrogen) atoms. The van der Waals surface area contributed by atoms with Crippen molar-refractivity contribution in [3.63, 3.8) is 0 Å². The Kier molecular flexibility index (Phi) is 10.3. The van der Waals surface area contributed by atoms with E-state index in [0.29, 0.717) is 23.7 Å². The predicted molar refractivity (Wildman–Crippen MR) is 134 cm³/mol. The molecule has 1 aromatic heterocycles. The normalized spacial score (nSPS) is 14.2. The minimum atomic E-state index is 0. The first kappa shape index (κ1) is 26.8. The van der Waals surface area contributed by atoms with Gasteiger partial charge in [0.25, 0.3) is 0 Å². The molecule has 0 saturated carbocycles. The number of aromatic nitrogens is 1. The highest BCUT2D eigenvalue weighted by Gasteiger charge is 2.18. The van der Waals surface area contributed by atoms with Gasteiger partial charge in [0.05, 0.1) is 18.9 Å². The molecule has 0 amide bonds. The number of likely N-dealkylation sites (N-methyl/N-ethyl adjacent to an activating group) is 1. The van der Waals surface area contributed by atoms with Gasteiger partial charge in [0.2, 0.25) is 0 Å². The number of ether oxygens (including phenoxy) is 2. The molecule has 1 fully saturated rings. The topological polar surface area (TPSA) is 71.2 Å². The zero-order valence-corrected chi connectivity index (χ0v) is 20.5. The van der Waals surface area contributed by atoms with E-state index in [9.17, 15) is 5.11 Å². The summed E-state index contributed by atoms with van der Waals surface area (Å²) in [5, 5.41) is 14.6. The second-order valence-electron chi connectivity index (χ2n) is 7.60. The minimum absolute atomic E-state index is 0. The Balaban J connectivity index is 0.00000193. The van der Waals surface area contributed by atoms with Crippen molar-refractivity contribution in [2.24, 2.45) is 0 Å². The zero-order valence-electron chi connectivity index (χ0n) is 18.9. The van der Waals surface area contributed by atoms with Crippen molar-refractivity contribution in [2.75, 3.05) is 53.0 Å². The van der Waals surface area contributed by atoms with Crippen molar-refractivity contribution >= 4 is 24.8 Å². The smallest absolute Gasteiger partial charge is 0.178 e. The van der Waals surface area contributed by atoms with Crippen molar-refractivity contribution < 1.29 is 19.1 Å². The van der Waals surface area contributed by atoms with Crippen LogP contribution in [0.3, 0.4) is 0 Å². The van der Waals surface area contributed by atoms with Gasteiger partial charge in [0.15, 0.2) is 5.76 Å². The Bertz CT molecular complexity index is 990. The first-order valence-corrected chi connectivity index (χ1v) is 10.7. The van der Waals surface area contributed by atoms with Gasteiger partial charge in [-0.2, -0.15) is 0 Å². The van der Waals surface area contributed by atoms with E-state index in [2.05, 4.69) is 21.9 Å². The fourth-order valence-electron chi connectivity index (χ4n) is 3.82. The van der Waals surface area contributed by atoms with Gasteiger partial charge in [0.1, 0.15) is 23.9 Å². The first-order valence-electron chi connectivity index (χ1n) is 10.7. The second-order valence-corrected chi connectivity index (χ2v) is 7.60. The van der Waals surface area contributed by atoms with E-state index < -0.39 is 0 Å². The molecule has 1 saturated heterocycles. The SMILES string of the molecule is CCN1CCN(CCOc2ccc(-c3oncc3-c3ccc(OC)cc3)c(O)c2)CC1.Cl.Cl. The van der Waals surface area contributed by atoms with Crippen LogP contribution in [0.25, 0.3) is 22.5 Å². The molecule has 1 aliphatic heterocycles. The highest BCUT2D eigenvalue weighted by molar-refractivity contribution is 5.85. The Morgan fingerprint density at radius 2 is 1.61 bits per heavy atom. The Labute approximate surface area is 207 Å². The van der Waals surface area contributed by atoms with Gasteiger partial charge in [-0.3, -0.25) is 4.90 Å². The molecule has 0 atom stereocenters. The minimum Gasteiger partial charge on any atom is -0.507 e. The lowest BCUT2D eigenvalue weighted by atomic mass is 10.0.